The van der Waals surface area contributed by atoms with Crippen molar-refractivity contribution < 1.29 is 9.47 Å². The predicted molar refractivity (Wildman–Crippen MR) is 87.9 cm³/mol. The molecule has 0 amide bonds. The van der Waals surface area contributed by atoms with E-state index in [1.54, 1.807) is 14.2 Å². The first kappa shape index (κ1) is 16.2. The minimum absolute atomic E-state index is 0.593. The number of benzene rings is 1. The van der Waals surface area contributed by atoms with Gasteiger partial charge in [-0.3, -0.25) is 0 Å². The molecule has 1 heterocycles. The molecular formula is C16H25ClN2O2. The second-order valence-corrected chi connectivity index (χ2v) is 5.94. The van der Waals surface area contributed by atoms with Crippen LogP contribution >= 0.6 is 11.6 Å². The number of hydrogen-bond donors (Lipinski definition) is 1. The van der Waals surface area contributed by atoms with Crippen LogP contribution in [0.5, 0.6) is 11.5 Å². The Balaban J connectivity index is 1.94. The molecule has 2 rings (SSSR count). The van der Waals surface area contributed by atoms with Gasteiger partial charge in [0.2, 0.25) is 0 Å². The molecule has 1 aliphatic heterocycles. The van der Waals surface area contributed by atoms with E-state index >= 15 is 0 Å². The van der Waals surface area contributed by atoms with Crippen molar-refractivity contribution in [1.29, 1.82) is 0 Å². The second-order valence-electron chi connectivity index (χ2n) is 5.53. The van der Waals surface area contributed by atoms with Crippen LogP contribution in [0.4, 0.5) is 5.69 Å². The quantitative estimate of drug-likeness (QED) is 0.869. The van der Waals surface area contributed by atoms with Gasteiger partial charge >= 0.3 is 0 Å². The summed E-state index contributed by atoms with van der Waals surface area (Å²) in [6.07, 6.45) is 5.08. The van der Waals surface area contributed by atoms with E-state index in [0.717, 1.165) is 24.4 Å². The predicted octanol–water partition coefficient (Wildman–Crippen LogP) is 3.64. The van der Waals surface area contributed by atoms with Crippen molar-refractivity contribution in [2.24, 2.45) is 0 Å². The zero-order chi connectivity index (χ0) is 15.2. The molecule has 1 aliphatic rings. The monoisotopic (exact) mass is 312 g/mol. The van der Waals surface area contributed by atoms with Gasteiger partial charge in [-0.15, -0.1) is 0 Å². The van der Waals surface area contributed by atoms with Crippen molar-refractivity contribution >= 4 is 17.3 Å². The van der Waals surface area contributed by atoms with Crippen molar-refractivity contribution in [3.63, 3.8) is 0 Å². The number of nitrogens with zero attached hydrogens (tertiary/aromatic N) is 1. The lowest BCUT2D eigenvalue weighted by Gasteiger charge is -2.32. The van der Waals surface area contributed by atoms with Crippen LogP contribution in [0.1, 0.15) is 25.7 Å². The third-order valence-electron chi connectivity index (χ3n) is 4.19. The highest BCUT2D eigenvalue weighted by molar-refractivity contribution is 6.32. The first-order valence-corrected chi connectivity index (χ1v) is 7.89. The van der Waals surface area contributed by atoms with Crippen LogP contribution < -0.4 is 14.8 Å². The smallest absolute Gasteiger partial charge is 0.145 e. The van der Waals surface area contributed by atoms with E-state index in [1.165, 1.54) is 25.8 Å². The van der Waals surface area contributed by atoms with Crippen LogP contribution in [-0.4, -0.2) is 45.3 Å². The third-order valence-corrected chi connectivity index (χ3v) is 4.48. The number of methoxy groups -OCH3 is 2. The Morgan fingerprint density at radius 1 is 1.24 bits per heavy atom. The fraction of sp³-hybridized carbons (Fsp3) is 0.625. The molecule has 4 nitrogen and oxygen atoms in total. The van der Waals surface area contributed by atoms with Crippen molar-refractivity contribution in [3.05, 3.63) is 17.2 Å². The summed E-state index contributed by atoms with van der Waals surface area (Å²) in [7, 11) is 5.48. The van der Waals surface area contributed by atoms with Crippen molar-refractivity contribution in [1.82, 2.24) is 4.90 Å². The van der Waals surface area contributed by atoms with Crippen LogP contribution in [0.2, 0.25) is 5.02 Å². The zero-order valence-electron chi connectivity index (χ0n) is 13.1. The third kappa shape index (κ3) is 4.17. The average Bonchev–Trinajstić information content (AvgIpc) is 2.49. The molecule has 118 valence electrons. The Morgan fingerprint density at radius 3 is 2.67 bits per heavy atom. The Bertz CT molecular complexity index is 468. The van der Waals surface area contributed by atoms with Gasteiger partial charge in [0.25, 0.3) is 0 Å². The molecule has 1 aromatic rings. The van der Waals surface area contributed by atoms with E-state index in [1.807, 2.05) is 12.1 Å². The summed E-state index contributed by atoms with van der Waals surface area (Å²) in [5.74, 6) is 1.39. The highest BCUT2D eigenvalue weighted by atomic mass is 35.5. The maximum Gasteiger partial charge on any atom is 0.145 e. The molecule has 21 heavy (non-hydrogen) atoms. The first-order chi connectivity index (χ1) is 10.2. The van der Waals surface area contributed by atoms with Crippen LogP contribution in [0.15, 0.2) is 12.1 Å². The van der Waals surface area contributed by atoms with Crippen molar-refractivity contribution in [3.8, 4) is 11.5 Å². The SMILES string of the molecule is COc1cc(OC)c(NCCC2CCCCN2C)cc1Cl. The molecule has 1 fully saturated rings. The van der Waals surface area contributed by atoms with Gasteiger partial charge in [0.05, 0.1) is 24.9 Å². The van der Waals surface area contributed by atoms with Gasteiger partial charge in [0.1, 0.15) is 11.5 Å². The molecule has 0 aromatic heterocycles. The summed E-state index contributed by atoms with van der Waals surface area (Å²) in [4.78, 5) is 2.46. The Labute approximate surface area is 132 Å². The lowest BCUT2D eigenvalue weighted by molar-refractivity contribution is 0.179. The number of anilines is 1. The molecule has 1 aromatic carbocycles. The Kier molecular flexibility index (Phi) is 6.00. The lowest BCUT2D eigenvalue weighted by Crippen LogP contribution is -2.37. The Morgan fingerprint density at radius 2 is 2.00 bits per heavy atom. The summed E-state index contributed by atoms with van der Waals surface area (Å²) in [5, 5.41) is 4.03. The first-order valence-electron chi connectivity index (χ1n) is 7.51. The molecule has 1 N–H and O–H groups in total. The maximum absolute atomic E-state index is 6.18. The summed E-state index contributed by atoms with van der Waals surface area (Å²) < 4.78 is 10.6. The molecule has 0 bridgehead atoms. The average molecular weight is 313 g/mol. The molecule has 5 heteroatoms. The van der Waals surface area contributed by atoms with Crippen LogP contribution in [0, 0.1) is 0 Å². The fourth-order valence-electron chi connectivity index (χ4n) is 2.88. The molecule has 0 saturated carbocycles. The largest absolute Gasteiger partial charge is 0.495 e. The maximum atomic E-state index is 6.18. The lowest BCUT2D eigenvalue weighted by atomic mass is 10.0. The number of piperidine rings is 1. The minimum atomic E-state index is 0.593. The van der Waals surface area contributed by atoms with E-state index in [9.17, 15) is 0 Å². The number of ether oxygens (including phenoxy) is 2. The highest BCUT2D eigenvalue weighted by Gasteiger charge is 2.18. The van der Waals surface area contributed by atoms with Gasteiger partial charge < -0.3 is 19.7 Å². The van der Waals surface area contributed by atoms with Crippen molar-refractivity contribution in [2.45, 2.75) is 31.7 Å². The van der Waals surface area contributed by atoms with Crippen LogP contribution in [0.3, 0.4) is 0 Å². The number of halogens is 1. The Hall–Kier alpha value is -1.13. The van der Waals surface area contributed by atoms with Crippen LogP contribution in [0.25, 0.3) is 0 Å². The van der Waals surface area contributed by atoms with Crippen LogP contribution in [-0.2, 0) is 0 Å². The summed E-state index contributed by atoms with van der Waals surface area (Å²) in [5.41, 5.74) is 0.918. The van der Waals surface area contributed by atoms with Gasteiger partial charge in [-0.25, -0.2) is 0 Å². The van der Waals surface area contributed by atoms with E-state index in [-0.39, 0.29) is 0 Å². The molecule has 1 saturated heterocycles. The summed E-state index contributed by atoms with van der Waals surface area (Å²) >= 11 is 6.18. The van der Waals surface area contributed by atoms with Gasteiger partial charge in [0, 0.05) is 18.7 Å². The topological polar surface area (TPSA) is 33.7 Å². The number of rotatable bonds is 6. The standard InChI is InChI=1S/C16H25ClN2O2/c1-19-9-5-4-6-12(19)7-8-18-14-10-13(17)15(20-2)11-16(14)21-3/h10-12,18H,4-9H2,1-3H3. The molecular weight excluding hydrogens is 288 g/mol. The fourth-order valence-corrected chi connectivity index (χ4v) is 3.12. The van der Waals surface area contributed by atoms with Gasteiger partial charge in [0.15, 0.2) is 0 Å². The van der Waals surface area contributed by atoms with E-state index < -0.39 is 0 Å². The van der Waals surface area contributed by atoms with Crippen molar-refractivity contribution in [2.75, 3.05) is 39.7 Å². The van der Waals surface area contributed by atoms with Gasteiger partial charge in [-0.2, -0.15) is 0 Å². The highest BCUT2D eigenvalue weighted by Crippen LogP contribution is 2.35. The molecule has 1 unspecified atom stereocenters. The number of nitrogens with one attached hydrogen (secondary N) is 1. The van der Waals surface area contributed by atoms with E-state index in [4.69, 9.17) is 21.1 Å². The zero-order valence-corrected chi connectivity index (χ0v) is 13.9. The molecule has 1 atom stereocenters. The second kappa shape index (κ2) is 7.76. The molecule has 0 spiro atoms. The summed E-state index contributed by atoms with van der Waals surface area (Å²) in [6, 6.07) is 4.35. The van der Waals surface area contributed by atoms with Gasteiger partial charge in [-0.05, 0) is 38.9 Å². The van der Waals surface area contributed by atoms with Gasteiger partial charge in [-0.1, -0.05) is 18.0 Å². The molecule has 0 radical (unpaired) electrons. The minimum Gasteiger partial charge on any atom is -0.495 e. The summed E-state index contributed by atoms with van der Waals surface area (Å²) in [6.45, 7) is 2.12. The molecule has 0 aliphatic carbocycles. The normalized spacial score (nSPS) is 19.3. The number of hydrogen-bond acceptors (Lipinski definition) is 4. The number of likely N-dealkylation sites (tertiary alicyclic amines) is 1. The van der Waals surface area contributed by atoms with E-state index in [2.05, 4.69) is 17.3 Å². The van der Waals surface area contributed by atoms with E-state index in [0.29, 0.717) is 16.8 Å².